The van der Waals surface area contributed by atoms with E-state index in [1.54, 1.807) is 12.1 Å². The maximum absolute atomic E-state index is 12.5. The number of nitrogens with zero attached hydrogens (tertiary/aromatic N) is 2. The smallest absolute Gasteiger partial charge is 0.251 e. The Morgan fingerprint density at radius 2 is 1.45 bits per heavy atom. The van der Waals surface area contributed by atoms with Gasteiger partial charge in [-0.2, -0.15) is 0 Å². The molecule has 0 bridgehead atoms. The first-order valence-electron chi connectivity index (χ1n) is 10.0. The monoisotopic (exact) mass is 387 g/mol. The number of hydrogen-bond acceptors (Lipinski definition) is 2. The van der Waals surface area contributed by atoms with Crippen molar-refractivity contribution in [3.63, 3.8) is 0 Å². The van der Waals surface area contributed by atoms with Gasteiger partial charge in [-0.3, -0.25) is 9.59 Å². The minimum atomic E-state index is -0.222. The number of rotatable bonds is 5. The summed E-state index contributed by atoms with van der Waals surface area (Å²) >= 11 is 0. The molecule has 3 aromatic rings. The summed E-state index contributed by atoms with van der Waals surface area (Å²) < 4.78 is 2.21. The van der Waals surface area contributed by atoms with Crippen molar-refractivity contribution in [3.8, 4) is 11.1 Å². The summed E-state index contributed by atoms with van der Waals surface area (Å²) in [4.78, 5) is 26.7. The second-order valence-corrected chi connectivity index (χ2v) is 7.37. The second kappa shape index (κ2) is 8.78. The predicted octanol–water partition coefficient (Wildman–Crippen LogP) is 3.75. The Labute approximate surface area is 171 Å². The minimum absolute atomic E-state index is 0.0230. The summed E-state index contributed by atoms with van der Waals surface area (Å²) in [5, 5.41) is 2.76. The van der Waals surface area contributed by atoms with Gasteiger partial charge in [0.2, 0.25) is 5.91 Å². The first-order chi connectivity index (χ1) is 14.2. The summed E-state index contributed by atoms with van der Waals surface area (Å²) in [6, 6.07) is 22.0. The Balaban J connectivity index is 1.27. The number of hydrogen-bond donors (Lipinski definition) is 1. The average Bonchev–Trinajstić information content (AvgIpc) is 3.33. The third kappa shape index (κ3) is 4.57. The van der Waals surface area contributed by atoms with Gasteiger partial charge in [0.25, 0.3) is 5.91 Å². The molecule has 0 unspecified atom stereocenters. The van der Waals surface area contributed by atoms with E-state index in [4.69, 9.17) is 0 Å². The van der Waals surface area contributed by atoms with Crippen LogP contribution in [0.25, 0.3) is 11.1 Å². The lowest BCUT2D eigenvalue weighted by molar-refractivity contribution is -0.131. The largest absolute Gasteiger partial charge is 0.351 e. The summed E-state index contributed by atoms with van der Waals surface area (Å²) in [6.07, 6.45) is 6.03. The Morgan fingerprint density at radius 3 is 2.10 bits per heavy atom. The summed E-state index contributed by atoms with van der Waals surface area (Å²) in [5.41, 5.74) is 2.73. The number of carbonyl (C=O) groups excluding carboxylic acids is 2. The molecule has 5 heteroatoms. The van der Waals surface area contributed by atoms with Crippen molar-refractivity contribution in [2.45, 2.75) is 18.9 Å². The van der Waals surface area contributed by atoms with Crippen LogP contribution in [0.15, 0.2) is 79.1 Å². The number of aromatic nitrogens is 1. The van der Waals surface area contributed by atoms with Crippen LogP contribution >= 0.6 is 0 Å². The van der Waals surface area contributed by atoms with Gasteiger partial charge in [-0.05, 0) is 48.2 Å². The zero-order chi connectivity index (χ0) is 20.1. The van der Waals surface area contributed by atoms with Crippen LogP contribution in [0.5, 0.6) is 0 Å². The van der Waals surface area contributed by atoms with Crippen LogP contribution < -0.4 is 5.32 Å². The van der Waals surface area contributed by atoms with E-state index in [-0.39, 0.29) is 18.4 Å². The van der Waals surface area contributed by atoms with Crippen LogP contribution in [0.2, 0.25) is 0 Å². The lowest BCUT2D eigenvalue weighted by Crippen LogP contribution is -2.44. The predicted molar refractivity (Wildman–Crippen MR) is 113 cm³/mol. The van der Waals surface area contributed by atoms with Gasteiger partial charge >= 0.3 is 0 Å². The molecule has 0 spiro atoms. The van der Waals surface area contributed by atoms with Crippen molar-refractivity contribution >= 4 is 11.8 Å². The topological polar surface area (TPSA) is 54.3 Å². The normalized spacial score (nSPS) is 14.6. The fourth-order valence-corrected chi connectivity index (χ4v) is 3.82. The third-order valence-electron chi connectivity index (χ3n) is 5.52. The molecule has 1 aromatic heterocycles. The maximum Gasteiger partial charge on any atom is 0.251 e. The van der Waals surface area contributed by atoms with Crippen LogP contribution in [-0.2, 0) is 4.79 Å². The Kier molecular flexibility index (Phi) is 5.75. The number of likely N-dealkylation sites (tertiary alicyclic amines) is 1. The molecule has 29 heavy (non-hydrogen) atoms. The summed E-state index contributed by atoms with van der Waals surface area (Å²) in [6.45, 7) is 1.49. The molecular weight excluding hydrogens is 362 g/mol. The molecule has 1 aliphatic heterocycles. The molecule has 1 saturated heterocycles. The fraction of sp³-hybridized carbons (Fsp3) is 0.250. The fourth-order valence-electron chi connectivity index (χ4n) is 3.82. The first kappa shape index (κ1) is 19.0. The Morgan fingerprint density at radius 1 is 0.828 bits per heavy atom. The molecule has 0 radical (unpaired) electrons. The average molecular weight is 387 g/mol. The highest BCUT2D eigenvalue weighted by molar-refractivity contribution is 5.96. The van der Waals surface area contributed by atoms with E-state index < -0.39 is 0 Å². The second-order valence-electron chi connectivity index (χ2n) is 7.37. The van der Waals surface area contributed by atoms with Crippen molar-refractivity contribution in [3.05, 3.63) is 84.7 Å². The number of carbonyl (C=O) groups is 2. The van der Waals surface area contributed by atoms with E-state index in [1.807, 2.05) is 59.5 Å². The molecule has 5 nitrogen and oxygen atoms in total. The molecule has 4 rings (SSSR count). The van der Waals surface area contributed by atoms with Crippen LogP contribution in [0.1, 0.15) is 29.2 Å². The van der Waals surface area contributed by atoms with E-state index in [1.165, 1.54) is 0 Å². The van der Waals surface area contributed by atoms with Gasteiger partial charge in [0.05, 0.1) is 6.54 Å². The Hall–Kier alpha value is -3.34. The van der Waals surface area contributed by atoms with Gasteiger partial charge in [-0.1, -0.05) is 42.5 Å². The van der Waals surface area contributed by atoms with Gasteiger partial charge in [0, 0.05) is 37.1 Å². The van der Waals surface area contributed by atoms with Gasteiger partial charge < -0.3 is 14.8 Å². The van der Waals surface area contributed by atoms with Gasteiger partial charge in [-0.15, -0.1) is 0 Å². The van der Waals surface area contributed by atoms with E-state index in [0.717, 1.165) is 37.1 Å². The van der Waals surface area contributed by atoms with E-state index in [2.05, 4.69) is 22.3 Å². The molecule has 2 aromatic carbocycles. The summed E-state index contributed by atoms with van der Waals surface area (Å²) in [5.74, 6) is -0.245. The van der Waals surface area contributed by atoms with E-state index >= 15 is 0 Å². The highest BCUT2D eigenvalue weighted by atomic mass is 16.2. The molecule has 2 amide bonds. The molecule has 1 aliphatic rings. The van der Waals surface area contributed by atoms with Crippen molar-refractivity contribution in [1.82, 2.24) is 14.8 Å². The highest BCUT2D eigenvalue weighted by Crippen LogP contribution is 2.22. The van der Waals surface area contributed by atoms with Crippen molar-refractivity contribution < 1.29 is 9.59 Å². The Bertz CT molecular complexity index is 942. The SMILES string of the molecule is O=C(NCC(=O)N1CCC(n2cccc2)CC1)c1ccc(-c2ccccc2)cc1. The molecule has 0 saturated carbocycles. The molecule has 0 atom stereocenters. The van der Waals surface area contributed by atoms with Crippen LogP contribution in [-0.4, -0.2) is 40.9 Å². The van der Waals surface area contributed by atoms with Crippen molar-refractivity contribution in [2.24, 2.45) is 0 Å². The molecule has 1 fully saturated rings. The van der Waals surface area contributed by atoms with Crippen LogP contribution in [0.4, 0.5) is 0 Å². The quantitative estimate of drug-likeness (QED) is 0.725. The number of piperidine rings is 1. The van der Waals surface area contributed by atoms with Crippen molar-refractivity contribution in [2.75, 3.05) is 19.6 Å². The molecule has 2 heterocycles. The molecule has 0 aliphatic carbocycles. The number of nitrogens with one attached hydrogen (secondary N) is 1. The highest BCUT2D eigenvalue weighted by Gasteiger charge is 2.23. The minimum Gasteiger partial charge on any atom is -0.351 e. The lowest BCUT2D eigenvalue weighted by atomic mass is 10.0. The first-order valence-corrected chi connectivity index (χ1v) is 10.0. The molecule has 1 N–H and O–H groups in total. The lowest BCUT2D eigenvalue weighted by Gasteiger charge is -2.32. The van der Waals surface area contributed by atoms with Gasteiger partial charge in [-0.25, -0.2) is 0 Å². The van der Waals surface area contributed by atoms with Gasteiger partial charge in [0.15, 0.2) is 0 Å². The summed E-state index contributed by atoms with van der Waals surface area (Å²) in [7, 11) is 0. The van der Waals surface area contributed by atoms with Crippen molar-refractivity contribution in [1.29, 1.82) is 0 Å². The van der Waals surface area contributed by atoms with Crippen LogP contribution in [0.3, 0.4) is 0 Å². The standard InChI is InChI=1S/C24H25N3O2/c28-23(27-16-12-22(13-17-27)26-14-4-5-15-26)18-25-24(29)21-10-8-20(9-11-21)19-6-2-1-3-7-19/h1-11,14-15,22H,12-13,16-18H2,(H,25,29). The number of benzene rings is 2. The zero-order valence-corrected chi connectivity index (χ0v) is 16.3. The third-order valence-corrected chi connectivity index (χ3v) is 5.52. The number of amides is 2. The molecule has 148 valence electrons. The van der Waals surface area contributed by atoms with E-state index in [9.17, 15) is 9.59 Å². The van der Waals surface area contributed by atoms with Crippen LogP contribution in [0, 0.1) is 0 Å². The maximum atomic E-state index is 12.5. The zero-order valence-electron chi connectivity index (χ0n) is 16.3. The molecular formula is C24H25N3O2. The van der Waals surface area contributed by atoms with Gasteiger partial charge in [0.1, 0.15) is 0 Å². The van der Waals surface area contributed by atoms with E-state index in [0.29, 0.717) is 11.6 Å².